The van der Waals surface area contributed by atoms with Crippen LogP contribution >= 0.6 is 0 Å². The van der Waals surface area contributed by atoms with Crippen molar-refractivity contribution in [2.75, 3.05) is 13.2 Å². The molecule has 2 heterocycles. The third-order valence-corrected chi connectivity index (χ3v) is 2.99. The fraction of sp³-hybridized carbons (Fsp3) is 0.727. The lowest BCUT2D eigenvalue weighted by Crippen LogP contribution is -2.31. The first-order valence-electron chi connectivity index (χ1n) is 6.06. The van der Waals surface area contributed by atoms with Crippen molar-refractivity contribution in [3.05, 3.63) is 11.7 Å². The van der Waals surface area contributed by atoms with Gasteiger partial charge in [-0.05, 0) is 26.2 Å². The smallest absolute Gasteiger partial charge is 0.240 e. The first-order valence-corrected chi connectivity index (χ1v) is 6.06. The first kappa shape index (κ1) is 13.0. The Morgan fingerprint density at radius 3 is 3.06 bits per heavy atom. The molecular weight excluding hydrogens is 236 g/mol. The molecule has 1 unspecified atom stereocenters. The molecule has 1 fully saturated rings. The monoisotopic (exact) mass is 254 g/mol. The van der Waals surface area contributed by atoms with Crippen molar-refractivity contribution in [3.63, 3.8) is 0 Å². The molecule has 0 aromatic carbocycles. The largest absolute Gasteiger partial charge is 0.369 e. The molecule has 2 rings (SSSR count). The SMILES string of the molecule is CC1(c2noc(CNCC(N)=O)n2)CCCCO1. The molecular formula is C11H18N4O3. The second kappa shape index (κ2) is 5.45. The predicted octanol–water partition coefficient (Wildman–Crippen LogP) is 0.0602. The van der Waals surface area contributed by atoms with Crippen molar-refractivity contribution in [1.82, 2.24) is 15.5 Å². The van der Waals surface area contributed by atoms with E-state index in [1.165, 1.54) is 0 Å². The van der Waals surface area contributed by atoms with Crippen molar-refractivity contribution < 1.29 is 14.1 Å². The highest BCUT2D eigenvalue weighted by Crippen LogP contribution is 2.32. The summed E-state index contributed by atoms with van der Waals surface area (Å²) in [6, 6.07) is 0. The highest BCUT2D eigenvalue weighted by Gasteiger charge is 2.34. The molecule has 0 radical (unpaired) electrons. The molecule has 1 aromatic heterocycles. The number of hydrogen-bond acceptors (Lipinski definition) is 6. The zero-order chi connectivity index (χ0) is 13.0. The van der Waals surface area contributed by atoms with E-state index in [-0.39, 0.29) is 6.54 Å². The maximum absolute atomic E-state index is 10.6. The lowest BCUT2D eigenvalue weighted by atomic mass is 9.95. The Kier molecular flexibility index (Phi) is 3.93. The third-order valence-electron chi connectivity index (χ3n) is 2.99. The number of amides is 1. The van der Waals surface area contributed by atoms with Crippen LogP contribution in [-0.4, -0.2) is 29.2 Å². The van der Waals surface area contributed by atoms with Gasteiger partial charge in [0.2, 0.25) is 17.6 Å². The quantitative estimate of drug-likeness (QED) is 0.770. The summed E-state index contributed by atoms with van der Waals surface area (Å²) in [6.07, 6.45) is 3.06. The minimum Gasteiger partial charge on any atom is -0.369 e. The van der Waals surface area contributed by atoms with Gasteiger partial charge in [0.25, 0.3) is 0 Å². The Labute approximate surface area is 105 Å². The molecule has 100 valence electrons. The summed E-state index contributed by atoms with van der Waals surface area (Å²) in [4.78, 5) is 14.9. The Hall–Kier alpha value is -1.47. The number of nitrogens with one attached hydrogen (secondary N) is 1. The minimum atomic E-state index is -0.455. The topological polar surface area (TPSA) is 103 Å². The maximum Gasteiger partial charge on any atom is 0.240 e. The van der Waals surface area contributed by atoms with Gasteiger partial charge in [0, 0.05) is 6.61 Å². The molecule has 0 spiro atoms. The fourth-order valence-corrected chi connectivity index (χ4v) is 1.94. The van der Waals surface area contributed by atoms with E-state index in [9.17, 15) is 4.79 Å². The summed E-state index contributed by atoms with van der Waals surface area (Å²) in [5.41, 5.74) is 4.56. The standard InChI is InChI=1S/C11H18N4O3/c1-11(4-2-3-5-17-11)10-14-9(18-15-10)7-13-6-8(12)16/h13H,2-7H2,1H3,(H2,12,16). The number of rotatable bonds is 5. The number of ether oxygens (including phenoxy) is 1. The third kappa shape index (κ3) is 3.05. The van der Waals surface area contributed by atoms with Gasteiger partial charge in [0.15, 0.2) is 0 Å². The summed E-state index contributed by atoms with van der Waals surface area (Å²) < 4.78 is 10.8. The van der Waals surface area contributed by atoms with E-state index in [0.29, 0.717) is 18.3 Å². The van der Waals surface area contributed by atoms with Gasteiger partial charge in [0.05, 0.1) is 13.1 Å². The number of carbonyl (C=O) groups is 1. The summed E-state index contributed by atoms with van der Waals surface area (Å²) in [6.45, 7) is 3.11. The van der Waals surface area contributed by atoms with Crippen molar-refractivity contribution in [3.8, 4) is 0 Å². The highest BCUT2D eigenvalue weighted by molar-refractivity contribution is 5.75. The lowest BCUT2D eigenvalue weighted by Gasteiger charge is -2.30. The summed E-state index contributed by atoms with van der Waals surface area (Å²) in [7, 11) is 0. The zero-order valence-corrected chi connectivity index (χ0v) is 10.4. The predicted molar refractivity (Wildman–Crippen MR) is 62.4 cm³/mol. The number of aromatic nitrogens is 2. The Balaban J connectivity index is 1.94. The van der Waals surface area contributed by atoms with Gasteiger partial charge in [-0.15, -0.1) is 0 Å². The van der Waals surface area contributed by atoms with E-state index >= 15 is 0 Å². The fourth-order valence-electron chi connectivity index (χ4n) is 1.94. The van der Waals surface area contributed by atoms with Crippen LogP contribution in [0.4, 0.5) is 0 Å². The molecule has 3 N–H and O–H groups in total. The second-order valence-corrected chi connectivity index (χ2v) is 4.62. The first-order chi connectivity index (χ1) is 8.60. The number of nitrogens with two attached hydrogens (primary N) is 1. The number of carbonyl (C=O) groups excluding carboxylic acids is 1. The van der Waals surface area contributed by atoms with Gasteiger partial charge >= 0.3 is 0 Å². The normalized spacial score (nSPS) is 24.1. The molecule has 7 nitrogen and oxygen atoms in total. The molecule has 0 bridgehead atoms. The van der Waals surface area contributed by atoms with Gasteiger partial charge in [-0.2, -0.15) is 4.98 Å². The zero-order valence-electron chi connectivity index (χ0n) is 10.4. The Bertz CT molecular complexity index is 412. The van der Waals surface area contributed by atoms with E-state index in [2.05, 4.69) is 15.5 Å². The van der Waals surface area contributed by atoms with Crippen LogP contribution in [-0.2, 0) is 21.7 Å². The van der Waals surface area contributed by atoms with Gasteiger partial charge in [0.1, 0.15) is 5.60 Å². The molecule has 1 atom stereocenters. The van der Waals surface area contributed by atoms with E-state index in [4.69, 9.17) is 15.0 Å². The van der Waals surface area contributed by atoms with Crippen LogP contribution in [0.3, 0.4) is 0 Å². The molecule has 18 heavy (non-hydrogen) atoms. The number of primary amides is 1. The van der Waals surface area contributed by atoms with E-state index < -0.39 is 11.5 Å². The highest BCUT2D eigenvalue weighted by atomic mass is 16.5. The van der Waals surface area contributed by atoms with Gasteiger partial charge in [-0.25, -0.2) is 0 Å². The molecule has 1 aliphatic heterocycles. The average molecular weight is 254 g/mol. The summed E-state index contributed by atoms with van der Waals surface area (Å²) >= 11 is 0. The van der Waals surface area contributed by atoms with Crippen molar-refractivity contribution >= 4 is 5.91 Å². The molecule has 1 aromatic rings. The van der Waals surface area contributed by atoms with E-state index in [0.717, 1.165) is 25.9 Å². The summed E-state index contributed by atoms with van der Waals surface area (Å²) in [5, 5.41) is 6.76. The molecule has 1 aliphatic rings. The molecule has 1 amide bonds. The molecule has 0 saturated carbocycles. The van der Waals surface area contributed by atoms with Crippen LogP contribution in [0, 0.1) is 0 Å². The second-order valence-electron chi connectivity index (χ2n) is 4.62. The summed E-state index contributed by atoms with van der Waals surface area (Å²) in [5.74, 6) is 0.581. The van der Waals surface area contributed by atoms with Crippen LogP contribution in [0.25, 0.3) is 0 Å². The van der Waals surface area contributed by atoms with Crippen molar-refractivity contribution in [2.24, 2.45) is 5.73 Å². The van der Waals surface area contributed by atoms with Crippen molar-refractivity contribution in [1.29, 1.82) is 0 Å². The molecule has 7 heteroatoms. The van der Waals surface area contributed by atoms with Crippen LogP contribution in [0.15, 0.2) is 4.52 Å². The number of nitrogens with zero attached hydrogens (tertiary/aromatic N) is 2. The van der Waals surface area contributed by atoms with Gasteiger partial charge in [-0.3, -0.25) is 10.1 Å². The van der Waals surface area contributed by atoms with Crippen LogP contribution < -0.4 is 11.1 Å². The minimum absolute atomic E-state index is 0.0888. The van der Waals surface area contributed by atoms with Gasteiger partial charge < -0.3 is 15.0 Å². The Morgan fingerprint density at radius 1 is 1.56 bits per heavy atom. The van der Waals surface area contributed by atoms with E-state index in [1.54, 1.807) is 0 Å². The van der Waals surface area contributed by atoms with Crippen LogP contribution in [0.1, 0.15) is 37.9 Å². The number of hydrogen-bond donors (Lipinski definition) is 2. The van der Waals surface area contributed by atoms with E-state index in [1.807, 2.05) is 6.92 Å². The maximum atomic E-state index is 10.6. The Morgan fingerprint density at radius 2 is 2.39 bits per heavy atom. The van der Waals surface area contributed by atoms with Crippen LogP contribution in [0.2, 0.25) is 0 Å². The average Bonchev–Trinajstić information content (AvgIpc) is 2.79. The molecule has 0 aliphatic carbocycles. The van der Waals surface area contributed by atoms with Crippen molar-refractivity contribution in [2.45, 2.75) is 38.3 Å². The van der Waals surface area contributed by atoms with Gasteiger partial charge in [-0.1, -0.05) is 5.16 Å². The lowest BCUT2D eigenvalue weighted by molar-refractivity contribution is -0.117. The molecule has 1 saturated heterocycles. The van der Waals surface area contributed by atoms with Crippen LogP contribution in [0.5, 0.6) is 0 Å².